The number of hydrogen-bond donors (Lipinski definition) is 0. The van der Waals surface area contributed by atoms with Gasteiger partial charge in [0.25, 0.3) is 0 Å². The Morgan fingerprint density at radius 3 is 1.62 bits per heavy atom. The van der Waals surface area contributed by atoms with Crippen LogP contribution in [0.1, 0.15) is 5.56 Å². The van der Waals surface area contributed by atoms with Crippen molar-refractivity contribution in [3.8, 4) is 0 Å². The second-order valence-electron chi connectivity index (χ2n) is 5.51. The normalized spacial score (nSPS) is 11.0. The van der Waals surface area contributed by atoms with Gasteiger partial charge in [-0.05, 0) is 29.8 Å². The van der Waals surface area contributed by atoms with Gasteiger partial charge in [-0.15, -0.1) is 0 Å². The van der Waals surface area contributed by atoms with Gasteiger partial charge < -0.3 is 4.52 Å². The van der Waals surface area contributed by atoms with E-state index < -0.39 is 7.37 Å². The molecular weight excluding hydrogens is 315 g/mol. The lowest BCUT2D eigenvalue weighted by atomic mass is 10.1. The van der Waals surface area contributed by atoms with E-state index in [1.54, 1.807) is 0 Å². The third-order valence-corrected chi connectivity index (χ3v) is 6.17. The second kappa shape index (κ2) is 7.33. The molecular formula is C21H19O2P. The number of rotatable bonds is 6. The summed E-state index contributed by atoms with van der Waals surface area (Å²) < 4.78 is 19.7. The third-order valence-electron chi connectivity index (χ3n) is 3.69. The molecule has 0 aliphatic heterocycles. The molecule has 3 heteroatoms. The van der Waals surface area contributed by atoms with Crippen LogP contribution < -0.4 is 10.6 Å². The van der Waals surface area contributed by atoms with Crippen LogP contribution in [0.3, 0.4) is 0 Å². The van der Waals surface area contributed by atoms with Gasteiger partial charge in [0.05, 0.1) is 10.6 Å². The van der Waals surface area contributed by atoms with E-state index in [-0.39, 0.29) is 0 Å². The molecule has 24 heavy (non-hydrogen) atoms. The number of hydrogen-bond acceptors (Lipinski definition) is 2. The Labute approximate surface area is 142 Å². The standard InChI is InChI=1S/C21H19O2P/c1-18(17-19-11-5-2-6-12-19)23-24(22,20-13-7-3-8-14-20)21-15-9-4-10-16-21/h2-16H,1,17H2. The average molecular weight is 334 g/mol. The van der Waals surface area contributed by atoms with Gasteiger partial charge in [-0.2, -0.15) is 0 Å². The van der Waals surface area contributed by atoms with Crippen molar-refractivity contribution in [2.24, 2.45) is 0 Å². The summed E-state index contributed by atoms with van der Waals surface area (Å²) in [5.74, 6) is 0.497. The highest BCUT2D eigenvalue weighted by atomic mass is 31.2. The van der Waals surface area contributed by atoms with Crippen LogP contribution in [-0.4, -0.2) is 0 Å². The first-order valence-electron chi connectivity index (χ1n) is 7.81. The summed E-state index contributed by atoms with van der Waals surface area (Å²) in [6.45, 7) is 3.99. The molecule has 0 bridgehead atoms. The van der Waals surface area contributed by atoms with Crippen LogP contribution in [0.5, 0.6) is 0 Å². The van der Waals surface area contributed by atoms with Crippen molar-refractivity contribution in [2.75, 3.05) is 0 Å². The van der Waals surface area contributed by atoms with Gasteiger partial charge in [0.2, 0.25) is 0 Å². The zero-order valence-corrected chi connectivity index (χ0v) is 14.2. The maximum absolute atomic E-state index is 13.7. The van der Waals surface area contributed by atoms with Crippen LogP contribution in [-0.2, 0) is 15.5 Å². The second-order valence-corrected chi connectivity index (χ2v) is 7.83. The first-order chi connectivity index (χ1) is 11.7. The lowest BCUT2D eigenvalue weighted by molar-refractivity contribution is 0.413. The van der Waals surface area contributed by atoms with E-state index in [4.69, 9.17) is 4.52 Å². The Bertz CT molecular complexity index is 799. The zero-order valence-electron chi connectivity index (χ0n) is 13.3. The summed E-state index contributed by atoms with van der Waals surface area (Å²) in [6.07, 6.45) is 0.532. The first kappa shape index (κ1) is 16.3. The zero-order chi connectivity index (χ0) is 16.8. The third kappa shape index (κ3) is 3.67. The largest absolute Gasteiger partial charge is 0.442 e. The predicted octanol–water partition coefficient (Wildman–Crippen LogP) is 4.69. The average Bonchev–Trinajstić information content (AvgIpc) is 2.64. The van der Waals surface area contributed by atoms with Gasteiger partial charge in [0.15, 0.2) is 0 Å². The lowest BCUT2D eigenvalue weighted by Crippen LogP contribution is -2.18. The number of benzene rings is 3. The van der Waals surface area contributed by atoms with Crippen molar-refractivity contribution in [1.82, 2.24) is 0 Å². The Hall–Kier alpha value is -2.57. The predicted molar refractivity (Wildman–Crippen MR) is 100 cm³/mol. The van der Waals surface area contributed by atoms with Crippen molar-refractivity contribution < 1.29 is 9.09 Å². The van der Waals surface area contributed by atoms with E-state index in [2.05, 4.69) is 6.58 Å². The minimum Gasteiger partial charge on any atom is -0.442 e. The van der Waals surface area contributed by atoms with Crippen LogP contribution in [0, 0.1) is 0 Å². The van der Waals surface area contributed by atoms with Gasteiger partial charge in [0, 0.05) is 6.42 Å². The molecule has 0 atom stereocenters. The van der Waals surface area contributed by atoms with Crippen LogP contribution in [0.4, 0.5) is 0 Å². The van der Waals surface area contributed by atoms with Crippen LogP contribution in [0.15, 0.2) is 103 Å². The van der Waals surface area contributed by atoms with Gasteiger partial charge in [0.1, 0.15) is 5.76 Å². The molecule has 3 rings (SSSR count). The summed E-state index contributed by atoms with van der Waals surface area (Å²) in [5.41, 5.74) is 1.08. The Morgan fingerprint density at radius 1 is 0.750 bits per heavy atom. The molecule has 3 aromatic carbocycles. The molecule has 0 fully saturated rings. The maximum Gasteiger partial charge on any atom is 0.306 e. The van der Waals surface area contributed by atoms with Crippen molar-refractivity contribution in [2.45, 2.75) is 6.42 Å². The van der Waals surface area contributed by atoms with E-state index >= 15 is 0 Å². The molecule has 2 nitrogen and oxygen atoms in total. The minimum atomic E-state index is -3.22. The molecule has 0 unspecified atom stereocenters. The highest BCUT2D eigenvalue weighted by molar-refractivity contribution is 7.74. The van der Waals surface area contributed by atoms with Crippen LogP contribution in [0.2, 0.25) is 0 Å². The number of allylic oxidation sites excluding steroid dienone is 1. The molecule has 0 aromatic heterocycles. The summed E-state index contributed by atoms with van der Waals surface area (Å²) in [5, 5.41) is 1.34. The highest BCUT2D eigenvalue weighted by Gasteiger charge is 2.30. The molecule has 120 valence electrons. The summed E-state index contributed by atoms with van der Waals surface area (Å²) in [4.78, 5) is 0. The summed E-state index contributed by atoms with van der Waals surface area (Å²) >= 11 is 0. The fraction of sp³-hybridized carbons (Fsp3) is 0.0476. The van der Waals surface area contributed by atoms with Gasteiger partial charge in [-0.3, -0.25) is 4.57 Å². The van der Waals surface area contributed by atoms with E-state index in [0.717, 1.165) is 5.56 Å². The van der Waals surface area contributed by atoms with E-state index in [1.165, 1.54) is 0 Å². The Kier molecular flexibility index (Phi) is 4.98. The molecule has 0 aliphatic rings. The topological polar surface area (TPSA) is 26.3 Å². The molecule has 0 spiro atoms. The van der Waals surface area contributed by atoms with Gasteiger partial charge in [-0.1, -0.05) is 73.3 Å². The molecule has 0 saturated carbocycles. The van der Waals surface area contributed by atoms with Crippen molar-refractivity contribution in [3.63, 3.8) is 0 Å². The molecule has 0 N–H and O–H groups in total. The first-order valence-corrected chi connectivity index (χ1v) is 9.43. The summed E-state index contributed by atoms with van der Waals surface area (Å²) in [6, 6.07) is 28.5. The van der Waals surface area contributed by atoms with Crippen LogP contribution in [0.25, 0.3) is 0 Å². The monoisotopic (exact) mass is 334 g/mol. The fourth-order valence-electron chi connectivity index (χ4n) is 2.54. The SMILES string of the molecule is C=C(Cc1ccccc1)OP(=O)(c1ccccc1)c1ccccc1. The smallest absolute Gasteiger partial charge is 0.306 e. The highest BCUT2D eigenvalue weighted by Crippen LogP contribution is 2.46. The molecule has 0 amide bonds. The molecule has 0 heterocycles. The lowest BCUT2D eigenvalue weighted by Gasteiger charge is -2.21. The van der Waals surface area contributed by atoms with E-state index in [1.807, 2.05) is 91.0 Å². The molecule has 3 aromatic rings. The van der Waals surface area contributed by atoms with Crippen LogP contribution >= 0.6 is 7.37 Å². The van der Waals surface area contributed by atoms with E-state index in [9.17, 15) is 4.57 Å². The minimum absolute atomic E-state index is 0.497. The maximum atomic E-state index is 13.7. The van der Waals surface area contributed by atoms with Crippen molar-refractivity contribution >= 4 is 18.0 Å². The Balaban J connectivity index is 1.92. The summed E-state index contributed by atoms with van der Waals surface area (Å²) in [7, 11) is -3.22. The fourth-order valence-corrected chi connectivity index (χ4v) is 4.61. The molecule has 0 aliphatic carbocycles. The molecule has 0 saturated heterocycles. The van der Waals surface area contributed by atoms with Gasteiger partial charge >= 0.3 is 7.37 Å². The Morgan fingerprint density at radius 2 is 1.17 bits per heavy atom. The molecule has 0 radical (unpaired) electrons. The van der Waals surface area contributed by atoms with Crippen molar-refractivity contribution in [3.05, 3.63) is 109 Å². The van der Waals surface area contributed by atoms with Crippen molar-refractivity contribution in [1.29, 1.82) is 0 Å². The van der Waals surface area contributed by atoms with Gasteiger partial charge in [-0.25, -0.2) is 0 Å². The quantitative estimate of drug-likeness (QED) is 0.483. The van der Waals surface area contributed by atoms with E-state index in [0.29, 0.717) is 22.8 Å².